The molecule has 3 heteroatoms. The first-order valence-electron chi connectivity index (χ1n) is 5.12. The molecule has 1 rings (SSSR count). The quantitative estimate of drug-likeness (QED) is 0.700. The van der Waals surface area contributed by atoms with Crippen molar-refractivity contribution >= 4 is 5.91 Å². The summed E-state index contributed by atoms with van der Waals surface area (Å²) in [5.41, 5.74) is 0. The standard InChI is InChI=1S/C10H20N2O/c1-4-5-12(3)10(13)9-7-11-6-8(9)2/h8-9,11H,4-7H2,1-3H3/t8-,9-/m1/s1. The van der Waals surface area contributed by atoms with E-state index in [0.717, 1.165) is 26.1 Å². The maximum Gasteiger partial charge on any atom is 0.227 e. The Bertz CT molecular complexity index is 182. The first kappa shape index (κ1) is 10.5. The van der Waals surface area contributed by atoms with Gasteiger partial charge in [0.05, 0.1) is 5.92 Å². The Balaban J connectivity index is 2.46. The van der Waals surface area contributed by atoms with Crippen molar-refractivity contribution in [2.45, 2.75) is 20.3 Å². The molecule has 0 aromatic carbocycles. The molecule has 1 amide bonds. The van der Waals surface area contributed by atoms with Crippen molar-refractivity contribution in [3.8, 4) is 0 Å². The van der Waals surface area contributed by atoms with E-state index in [-0.39, 0.29) is 5.92 Å². The molecule has 2 atom stereocenters. The lowest BCUT2D eigenvalue weighted by Crippen LogP contribution is -2.36. The molecule has 1 fully saturated rings. The Kier molecular flexibility index (Phi) is 3.72. The highest BCUT2D eigenvalue weighted by Gasteiger charge is 2.31. The minimum atomic E-state index is 0.205. The fraction of sp³-hybridized carbons (Fsp3) is 0.900. The van der Waals surface area contributed by atoms with Crippen molar-refractivity contribution in [2.24, 2.45) is 11.8 Å². The summed E-state index contributed by atoms with van der Waals surface area (Å²) in [5.74, 6) is 1.00. The van der Waals surface area contributed by atoms with Crippen molar-refractivity contribution in [1.82, 2.24) is 10.2 Å². The van der Waals surface area contributed by atoms with Crippen LogP contribution in [-0.4, -0.2) is 37.5 Å². The number of nitrogens with one attached hydrogen (secondary N) is 1. The van der Waals surface area contributed by atoms with Gasteiger partial charge in [0, 0.05) is 20.1 Å². The van der Waals surface area contributed by atoms with Crippen molar-refractivity contribution in [3.05, 3.63) is 0 Å². The maximum absolute atomic E-state index is 11.8. The van der Waals surface area contributed by atoms with Crippen LogP contribution >= 0.6 is 0 Å². The minimum Gasteiger partial charge on any atom is -0.345 e. The van der Waals surface area contributed by atoms with E-state index in [0.29, 0.717) is 11.8 Å². The summed E-state index contributed by atoms with van der Waals surface area (Å²) < 4.78 is 0. The van der Waals surface area contributed by atoms with Crippen LogP contribution in [0.2, 0.25) is 0 Å². The van der Waals surface area contributed by atoms with Gasteiger partial charge in [-0.2, -0.15) is 0 Å². The second-order valence-electron chi connectivity index (χ2n) is 4.00. The van der Waals surface area contributed by atoms with Crippen LogP contribution in [0.3, 0.4) is 0 Å². The fourth-order valence-electron chi connectivity index (χ4n) is 1.87. The lowest BCUT2D eigenvalue weighted by molar-refractivity contribution is -0.134. The van der Waals surface area contributed by atoms with Gasteiger partial charge in [-0.1, -0.05) is 13.8 Å². The van der Waals surface area contributed by atoms with Gasteiger partial charge in [-0.25, -0.2) is 0 Å². The number of amides is 1. The van der Waals surface area contributed by atoms with E-state index < -0.39 is 0 Å². The molecule has 0 radical (unpaired) electrons. The van der Waals surface area contributed by atoms with Gasteiger partial charge >= 0.3 is 0 Å². The third-order valence-electron chi connectivity index (χ3n) is 2.77. The Morgan fingerprint density at radius 3 is 2.69 bits per heavy atom. The molecule has 1 N–H and O–H groups in total. The van der Waals surface area contributed by atoms with E-state index in [1.54, 1.807) is 0 Å². The lowest BCUT2D eigenvalue weighted by Gasteiger charge is -2.22. The SMILES string of the molecule is CCCN(C)C(=O)[C@@H]1CNC[C@H]1C. The predicted octanol–water partition coefficient (Wildman–Crippen LogP) is 0.710. The molecule has 0 saturated carbocycles. The highest BCUT2D eigenvalue weighted by Crippen LogP contribution is 2.17. The molecule has 0 aromatic rings. The summed E-state index contributed by atoms with van der Waals surface area (Å²) in [4.78, 5) is 13.7. The normalized spacial score (nSPS) is 27.6. The van der Waals surface area contributed by atoms with Crippen LogP contribution in [0, 0.1) is 11.8 Å². The Labute approximate surface area is 80.5 Å². The fourth-order valence-corrected chi connectivity index (χ4v) is 1.87. The number of hydrogen-bond acceptors (Lipinski definition) is 2. The molecule has 0 unspecified atom stereocenters. The molecule has 0 spiro atoms. The molecule has 1 saturated heterocycles. The monoisotopic (exact) mass is 184 g/mol. The summed E-state index contributed by atoms with van der Waals surface area (Å²) in [5, 5.41) is 3.25. The molecule has 3 nitrogen and oxygen atoms in total. The van der Waals surface area contributed by atoms with Crippen molar-refractivity contribution in [2.75, 3.05) is 26.7 Å². The minimum absolute atomic E-state index is 0.205. The van der Waals surface area contributed by atoms with Crippen molar-refractivity contribution in [1.29, 1.82) is 0 Å². The average Bonchev–Trinajstić information content (AvgIpc) is 2.50. The van der Waals surface area contributed by atoms with Crippen LogP contribution in [-0.2, 0) is 4.79 Å². The topological polar surface area (TPSA) is 32.3 Å². The molecular formula is C10H20N2O. The van der Waals surface area contributed by atoms with Crippen LogP contribution in [0.25, 0.3) is 0 Å². The molecule has 0 aliphatic carbocycles. The predicted molar refractivity (Wildman–Crippen MR) is 53.5 cm³/mol. The molecule has 1 aliphatic rings. The second kappa shape index (κ2) is 4.61. The third-order valence-corrected chi connectivity index (χ3v) is 2.77. The van der Waals surface area contributed by atoms with Crippen LogP contribution in [0.15, 0.2) is 0 Å². The zero-order valence-corrected chi connectivity index (χ0v) is 8.84. The van der Waals surface area contributed by atoms with Gasteiger partial charge in [0.25, 0.3) is 0 Å². The van der Waals surface area contributed by atoms with Gasteiger partial charge in [-0.3, -0.25) is 4.79 Å². The highest BCUT2D eigenvalue weighted by atomic mass is 16.2. The summed E-state index contributed by atoms with van der Waals surface area (Å²) in [7, 11) is 1.90. The van der Waals surface area contributed by atoms with Crippen molar-refractivity contribution in [3.63, 3.8) is 0 Å². The maximum atomic E-state index is 11.8. The highest BCUT2D eigenvalue weighted by molar-refractivity contribution is 5.79. The van der Waals surface area contributed by atoms with Gasteiger partial charge in [0.1, 0.15) is 0 Å². The Hall–Kier alpha value is -0.570. The zero-order chi connectivity index (χ0) is 9.84. The molecule has 1 heterocycles. The van der Waals surface area contributed by atoms with E-state index >= 15 is 0 Å². The zero-order valence-electron chi connectivity index (χ0n) is 8.84. The van der Waals surface area contributed by atoms with Crippen molar-refractivity contribution < 1.29 is 4.79 Å². The molecule has 13 heavy (non-hydrogen) atoms. The summed E-state index contributed by atoms with van der Waals surface area (Å²) in [6.45, 7) is 6.95. The number of carbonyl (C=O) groups is 1. The van der Waals surface area contributed by atoms with Gasteiger partial charge in [-0.05, 0) is 18.9 Å². The first-order chi connectivity index (χ1) is 6.16. The molecule has 0 bridgehead atoms. The van der Waals surface area contributed by atoms with Crippen LogP contribution in [0.4, 0.5) is 0 Å². The van der Waals surface area contributed by atoms with E-state index in [2.05, 4.69) is 19.2 Å². The summed E-state index contributed by atoms with van der Waals surface area (Å²) >= 11 is 0. The Morgan fingerprint density at radius 1 is 1.54 bits per heavy atom. The van der Waals surface area contributed by atoms with E-state index in [1.165, 1.54) is 0 Å². The third kappa shape index (κ3) is 2.44. The van der Waals surface area contributed by atoms with Crippen LogP contribution < -0.4 is 5.32 Å². The number of hydrogen-bond donors (Lipinski definition) is 1. The molecule has 0 aromatic heterocycles. The largest absolute Gasteiger partial charge is 0.345 e. The van der Waals surface area contributed by atoms with Gasteiger partial charge < -0.3 is 10.2 Å². The number of carbonyl (C=O) groups excluding carboxylic acids is 1. The average molecular weight is 184 g/mol. The number of nitrogens with zero attached hydrogens (tertiary/aromatic N) is 1. The van der Waals surface area contributed by atoms with Gasteiger partial charge in [-0.15, -0.1) is 0 Å². The van der Waals surface area contributed by atoms with E-state index in [1.807, 2.05) is 11.9 Å². The second-order valence-corrected chi connectivity index (χ2v) is 4.00. The van der Waals surface area contributed by atoms with Gasteiger partial charge in [0.15, 0.2) is 0 Å². The van der Waals surface area contributed by atoms with Gasteiger partial charge in [0.2, 0.25) is 5.91 Å². The lowest BCUT2D eigenvalue weighted by atomic mass is 9.97. The molecule has 1 aliphatic heterocycles. The number of rotatable bonds is 3. The van der Waals surface area contributed by atoms with Crippen LogP contribution in [0.5, 0.6) is 0 Å². The van der Waals surface area contributed by atoms with Crippen LogP contribution in [0.1, 0.15) is 20.3 Å². The summed E-state index contributed by atoms with van der Waals surface area (Å²) in [6, 6.07) is 0. The Morgan fingerprint density at radius 2 is 2.23 bits per heavy atom. The van der Waals surface area contributed by atoms with E-state index in [4.69, 9.17) is 0 Å². The molecular weight excluding hydrogens is 164 g/mol. The smallest absolute Gasteiger partial charge is 0.227 e. The molecule has 76 valence electrons. The summed E-state index contributed by atoms with van der Waals surface area (Å²) in [6.07, 6.45) is 1.04. The first-order valence-corrected chi connectivity index (χ1v) is 5.12. The van der Waals surface area contributed by atoms with E-state index in [9.17, 15) is 4.79 Å².